The molecule has 1 heterocycles. The van der Waals surface area contributed by atoms with Gasteiger partial charge in [-0.25, -0.2) is 0 Å². The van der Waals surface area contributed by atoms with E-state index in [4.69, 9.17) is 0 Å². The summed E-state index contributed by atoms with van der Waals surface area (Å²) in [5.74, 6) is 0.716. The molecule has 0 amide bonds. The van der Waals surface area contributed by atoms with E-state index in [-0.39, 0.29) is 0 Å². The van der Waals surface area contributed by atoms with Crippen molar-refractivity contribution < 1.29 is 0 Å². The Hall–Kier alpha value is -1.28. The Morgan fingerprint density at radius 2 is 2.05 bits per heavy atom. The van der Waals surface area contributed by atoms with Crippen LogP contribution < -0.4 is 5.32 Å². The van der Waals surface area contributed by atoms with E-state index in [1.54, 1.807) is 5.56 Å². The quantitative estimate of drug-likeness (QED) is 0.798. The van der Waals surface area contributed by atoms with Gasteiger partial charge in [-0.2, -0.15) is 0 Å². The summed E-state index contributed by atoms with van der Waals surface area (Å²) in [5.41, 5.74) is 2.98. The summed E-state index contributed by atoms with van der Waals surface area (Å²) in [4.78, 5) is 0. The lowest BCUT2D eigenvalue weighted by Gasteiger charge is -2.30. The maximum Gasteiger partial charge on any atom is 0.0485 e. The first kappa shape index (κ1) is 15.6. The van der Waals surface area contributed by atoms with Crippen LogP contribution in [0.25, 0.3) is 10.9 Å². The molecule has 1 saturated carbocycles. The van der Waals surface area contributed by atoms with Gasteiger partial charge >= 0.3 is 0 Å². The molecule has 120 valence electrons. The molecule has 1 aromatic carbocycles. The zero-order valence-corrected chi connectivity index (χ0v) is 14.3. The zero-order valence-electron chi connectivity index (χ0n) is 14.3. The van der Waals surface area contributed by atoms with Crippen molar-refractivity contribution in [1.82, 2.24) is 9.88 Å². The van der Waals surface area contributed by atoms with E-state index in [2.05, 4.69) is 61.1 Å². The Labute approximate surface area is 134 Å². The molecule has 2 nitrogen and oxygen atoms in total. The number of hydrogen-bond donors (Lipinski definition) is 1. The van der Waals surface area contributed by atoms with Crippen molar-refractivity contribution in [3.8, 4) is 0 Å². The lowest BCUT2D eigenvalue weighted by molar-refractivity contribution is 0.341. The van der Waals surface area contributed by atoms with E-state index in [9.17, 15) is 0 Å². The maximum atomic E-state index is 3.74. The Morgan fingerprint density at radius 1 is 1.23 bits per heavy atom. The van der Waals surface area contributed by atoms with Gasteiger partial charge in [0.25, 0.3) is 0 Å². The molecule has 0 radical (unpaired) electrons. The number of fused-ring (bicyclic) bond motifs is 1. The van der Waals surface area contributed by atoms with E-state index < -0.39 is 0 Å². The largest absolute Gasteiger partial charge is 0.345 e. The van der Waals surface area contributed by atoms with Crippen LogP contribution in [0.2, 0.25) is 0 Å². The second-order valence-electron chi connectivity index (χ2n) is 7.12. The molecule has 1 fully saturated rings. The zero-order chi connectivity index (χ0) is 15.5. The Balaban J connectivity index is 1.89. The predicted octanol–water partition coefficient (Wildman–Crippen LogP) is 5.25. The fourth-order valence-corrected chi connectivity index (χ4v) is 3.99. The first-order valence-electron chi connectivity index (χ1n) is 9.03. The van der Waals surface area contributed by atoms with Crippen molar-refractivity contribution in [1.29, 1.82) is 0 Å². The highest BCUT2D eigenvalue weighted by molar-refractivity contribution is 5.84. The number of rotatable bonds is 5. The molecule has 0 spiro atoms. The molecule has 2 heteroatoms. The van der Waals surface area contributed by atoms with Crippen LogP contribution >= 0.6 is 0 Å². The topological polar surface area (TPSA) is 17.0 Å². The van der Waals surface area contributed by atoms with Crippen molar-refractivity contribution in [3.05, 3.63) is 36.0 Å². The van der Waals surface area contributed by atoms with Gasteiger partial charge in [-0.15, -0.1) is 0 Å². The first-order valence-corrected chi connectivity index (χ1v) is 9.03. The van der Waals surface area contributed by atoms with Crippen LogP contribution in [-0.2, 0) is 0 Å². The van der Waals surface area contributed by atoms with Crippen molar-refractivity contribution >= 4 is 10.9 Å². The minimum atomic E-state index is 0.524. The molecule has 3 rings (SSSR count). The van der Waals surface area contributed by atoms with Gasteiger partial charge in [0.2, 0.25) is 0 Å². The average molecular weight is 298 g/mol. The number of hydrogen-bond acceptors (Lipinski definition) is 1. The van der Waals surface area contributed by atoms with Crippen molar-refractivity contribution in [2.24, 2.45) is 0 Å². The number of para-hydroxylation sites is 1. The summed E-state index contributed by atoms with van der Waals surface area (Å²) in [6.45, 7) is 7.97. The van der Waals surface area contributed by atoms with Crippen LogP contribution in [0.15, 0.2) is 30.5 Å². The number of aromatic nitrogens is 1. The highest BCUT2D eigenvalue weighted by Crippen LogP contribution is 2.38. The molecule has 1 aliphatic rings. The van der Waals surface area contributed by atoms with Gasteiger partial charge in [0, 0.05) is 29.2 Å². The Kier molecular flexibility index (Phi) is 4.87. The fourth-order valence-electron chi connectivity index (χ4n) is 3.99. The summed E-state index contributed by atoms with van der Waals surface area (Å²) < 4.78 is 2.45. The van der Waals surface area contributed by atoms with E-state index in [0.29, 0.717) is 18.0 Å². The van der Waals surface area contributed by atoms with Crippen LogP contribution in [0.5, 0.6) is 0 Å². The minimum Gasteiger partial charge on any atom is -0.345 e. The van der Waals surface area contributed by atoms with E-state index in [1.807, 2.05) is 0 Å². The van der Waals surface area contributed by atoms with Crippen LogP contribution in [0.3, 0.4) is 0 Å². The molecule has 0 aliphatic heterocycles. The maximum absolute atomic E-state index is 3.74. The average Bonchev–Trinajstić information content (AvgIpc) is 2.93. The third-order valence-corrected chi connectivity index (χ3v) is 5.12. The standard InChI is InChI=1S/C20H30N2/c1-4-12-21-17-9-7-8-16(13-17)19-14-22(15(2)3)20-11-6-5-10-18(19)20/h5-6,10-11,14-17,21H,4,7-9,12-13H2,1-3H3. The molecule has 2 aromatic rings. The van der Waals surface area contributed by atoms with E-state index >= 15 is 0 Å². The van der Waals surface area contributed by atoms with Crippen LogP contribution in [0, 0.1) is 0 Å². The molecular weight excluding hydrogens is 268 g/mol. The van der Waals surface area contributed by atoms with Gasteiger partial charge in [-0.05, 0) is 63.6 Å². The summed E-state index contributed by atoms with van der Waals surface area (Å²) in [6, 6.07) is 10.2. The monoisotopic (exact) mass is 298 g/mol. The summed E-state index contributed by atoms with van der Waals surface area (Å²) in [6.07, 6.45) is 9.01. The molecule has 22 heavy (non-hydrogen) atoms. The van der Waals surface area contributed by atoms with Crippen molar-refractivity contribution in [2.45, 2.75) is 70.9 Å². The molecule has 2 unspecified atom stereocenters. The normalized spacial score (nSPS) is 22.5. The SMILES string of the molecule is CCCNC1CCCC(c2cn(C(C)C)c3ccccc23)C1. The van der Waals surface area contributed by atoms with Crippen molar-refractivity contribution in [3.63, 3.8) is 0 Å². The summed E-state index contributed by atoms with van der Waals surface area (Å²) in [7, 11) is 0. The number of benzene rings is 1. The second kappa shape index (κ2) is 6.87. The van der Waals surface area contributed by atoms with Crippen molar-refractivity contribution in [2.75, 3.05) is 6.54 Å². The molecule has 1 aliphatic carbocycles. The Bertz CT molecular complexity index is 611. The highest BCUT2D eigenvalue weighted by Gasteiger charge is 2.25. The van der Waals surface area contributed by atoms with Gasteiger partial charge in [0.15, 0.2) is 0 Å². The fraction of sp³-hybridized carbons (Fsp3) is 0.600. The van der Waals surface area contributed by atoms with Crippen LogP contribution in [-0.4, -0.2) is 17.2 Å². The van der Waals surface area contributed by atoms with Gasteiger partial charge in [0.1, 0.15) is 0 Å². The van der Waals surface area contributed by atoms with Gasteiger partial charge in [0.05, 0.1) is 0 Å². The lowest BCUT2D eigenvalue weighted by Crippen LogP contribution is -2.33. The highest BCUT2D eigenvalue weighted by atomic mass is 15.0. The van der Waals surface area contributed by atoms with Crippen LogP contribution in [0.4, 0.5) is 0 Å². The second-order valence-corrected chi connectivity index (χ2v) is 7.12. The Morgan fingerprint density at radius 3 is 2.82 bits per heavy atom. The first-order chi connectivity index (χ1) is 10.7. The minimum absolute atomic E-state index is 0.524. The van der Waals surface area contributed by atoms with Gasteiger partial charge < -0.3 is 9.88 Å². The smallest absolute Gasteiger partial charge is 0.0485 e. The molecule has 1 aromatic heterocycles. The molecule has 2 atom stereocenters. The molecule has 1 N–H and O–H groups in total. The van der Waals surface area contributed by atoms with Gasteiger partial charge in [-0.3, -0.25) is 0 Å². The number of nitrogens with zero attached hydrogens (tertiary/aromatic N) is 1. The third kappa shape index (κ3) is 3.08. The molecule has 0 bridgehead atoms. The molecule has 0 saturated heterocycles. The van der Waals surface area contributed by atoms with E-state index in [0.717, 1.165) is 6.54 Å². The summed E-state index contributed by atoms with van der Waals surface area (Å²) in [5, 5.41) is 5.21. The van der Waals surface area contributed by atoms with E-state index in [1.165, 1.54) is 43.0 Å². The lowest BCUT2D eigenvalue weighted by atomic mass is 9.81. The van der Waals surface area contributed by atoms with Crippen LogP contribution in [0.1, 0.15) is 70.4 Å². The summed E-state index contributed by atoms with van der Waals surface area (Å²) >= 11 is 0. The number of nitrogens with one attached hydrogen (secondary N) is 1. The predicted molar refractivity (Wildman–Crippen MR) is 95.6 cm³/mol. The van der Waals surface area contributed by atoms with Gasteiger partial charge in [-0.1, -0.05) is 31.5 Å². The molecular formula is C20H30N2. The third-order valence-electron chi connectivity index (χ3n) is 5.12.